The van der Waals surface area contributed by atoms with Crippen LogP contribution >= 0.6 is 0 Å². The lowest BCUT2D eigenvalue weighted by Gasteiger charge is -2.16. The van der Waals surface area contributed by atoms with E-state index in [9.17, 15) is 27.6 Å². The van der Waals surface area contributed by atoms with Gasteiger partial charge < -0.3 is 15.2 Å². The van der Waals surface area contributed by atoms with E-state index in [1.807, 2.05) is 0 Å². The number of esters is 1. The number of hydrogen-bond acceptors (Lipinski definition) is 6. The van der Waals surface area contributed by atoms with Crippen LogP contribution in [0.15, 0.2) is 48.5 Å². The third kappa shape index (κ3) is 4.46. The van der Waals surface area contributed by atoms with E-state index in [1.165, 1.54) is 24.3 Å². The molecule has 32 heavy (non-hydrogen) atoms. The molecule has 10 heteroatoms. The predicted molar refractivity (Wildman–Crippen MR) is 106 cm³/mol. The molecule has 0 aliphatic carbocycles. The molecule has 1 aromatic heterocycles. The van der Waals surface area contributed by atoms with Gasteiger partial charge in [-0.25, -0.2) is 14.2 Å². The Balaban J connectivity index is 2.23. The van der Waals surface area contributed by atoms with Gasteiger partial charge in [-0.15, -0.1) is 0 Å². The van der Waals surface area contributed by atoms with Crippen molar-refractivity contribution in [2.75, 3.05) is 12.3 Å². The molecule has 0 atom stereocenters. The Morgan fingerprint density at radius 2 is 1.91 bits per heavy atom. The second-order valence-electron chi connectivity index (χ2n) is 6.37. The number of aromatic nitrogens is 1. The smallest absolute Gasteiger partial charge is 0.416 e. The summed E-state index contributed by atoms with van der Waals surface area (Å²) < 4.78 is 64.0. The van der Waals surface area contributed by atoms with E-state index in [2.05, 4.69) is 4.98 Å². The van der Waals surface area contributed by atoms with Crippen LogP contribution in [0.3, 0.4) is 0 Å². The number of benzene rings is 2. The van der Waals surface area contributed by atoms with Crippen LogP contribution in [0.5, 0.6) is 11.6 Å². The quantitative estimate of drug-likeness (QED) is 0.421. The molecule has 0 amide bonds. The third-order valence-corrected chi connectivity index (χ3v) is 4.30. The van der Waals surface area contributed by atoms with Crippen LogP contribution in [0.4, 0.5) is 23.2 Å². The van der Waals surface area contributed by atoms with Crippen molar-refractivity contribution in [3.63, 3.8) is 0 Å². The minimum absolute atomic E-state index is 0.0284. The van der Waals surface area contributed by atoms with Crippen LogP contribution in [0, 0.1) is 17.1 Å². The summed E-state index contributed by atoms with van der Waals surface area (Å²) in [4.78, 5) is 16.6. The zero-order chi connectivity index (χ0) is 23.5. The number of alkyl halides is 3. The van der Waals surface area contributed by atoms with E-state index < -0.39 is 40.7 Å². The molecule has 0 fully saturated rings. The van der Waals surface area contributed by atoms with E-state index in [4.69, 9.17) is 15.2 Å². The Labute approximate surface area is 179 Å². The molecular weight excluding hydrogens is 430 g/mol. The number of pyridine rings is 1. The molecule has 2 N–H and O–H groups in total. The van der Waals surface area contributed by atoms with Gasteiger partial charge in [0.1, 0.15) is 28.8 Å². The van der Waals surface area contributed by atoms with E-state index in [0.29, 0.717) is 6.07 Å². The highest BCUT2D eigenvalue weighted by molar-refractivity contribution is 6.03. The fourth-order valence-corrected chi connectivity index (χ4v) is 2.87. The second kappa shape index (κ2) is 8.93. The Bertz CT molecular complexity index is 1220. The molecule has 3 aromatic rings. The van der Waals surface area contributed by atoms with Crippen molar-refractivity contribution >= 4 is 11.7 Å². The monoisotopic (exact) mass is 445 g/mol. The summed E-state index contributed by atoms with van der Waals surface area (Å²) in [6.07, 6.45) is -4.63. The lowest BCUT2D eigenvalue weighted by atomic mass is 10.0. The topological polar surface area (TPSA) is 98.2 Å². The number of nitrogens with zero attached hydrogens (tertiary/aromatic N) is 2. The third-order valence-electron chi connectivity index (χ3n) is 4.30. The number of carbonyl (C=O) groups excluding carboxylic acids is 1. The molecule has 1 heterocycles. The van der Waals surface area contributed by atoms with E-state index in [1.54, 1.807) is 13.0 Å². The van der Waals surface area contributed by atoms with Crippen LogP contribution in [0.25, 0.3) is 11.3 Å². The van der Waals surface area contributed by atoms with Gasteiger partial charge in [-0.2, -0.15) is 18.4 Å². The van der Waals surface area contributed by atoms with Crippen molar-refractivity contribution in [3.8, 4) is 29.0 Å². The maximum atomic E-state index is 14.5. The minimum Gasteiger partial charge on any atom is -0.462 e. The zero-order valence-electron chi connectivity index (χ0n) is 16.5. The molecule has 0 saturated heterocycles. The number of hydrogen-bond donors (Lipinski definition) is 1. The maximum absolute atomic E-state index is 14.5. The van der Waals surface area contributed by atoms with Crippen molar-refractivity contribution in [2.24, 2.45) is 0 Å². The highest BCUT2D eigenvalue weighted by atomic mass is 19.4. The number of ether oxygens (including phenoxy) is 2. The average molecular weight is 445 g/mol. The van der Waals surface area contributed by atoms with Gasteiger partial charge in [0, 0.05) is 5.56 Å². The first-order chi connectivity index (χ1) is 15.2. The second-order valence-corrected chi connectivity index (χ2v) is 6.37. The summed E-state index contributed by atoms with van der Waals surface area (Å²) in [5.41, 5.74) is 3.45. The Morgan fingerprint density at radius 1 is 1.19 bits per heavy atom. The average Bonchev–Trinajstić information content (AvgIpc) is 2.73. The summed E-state index contributed by atoms with van der Waals surface area (Å²) in [6, 6.07) is 10.9. The van der Waals surface area contributed by atoms with Crippen molar-refractivity contribution < 1.29 is 31.8 Å². The maximum Gasteiger partial charge on any atom is 0.416 e. The number of halogens is 4. The number of carbonyl (C=O) groups is 1. The van der Waals surface area contributed by atoms with Gasteiger partial charge in [0.05, 0.1) is 23.6 Å². The summed E-state index contributed by atoms with van der Waals surface area (Å²) in [7, 11) is 0. The molecule has 0 unspecified atom stereocenters. The first-order valence-electron chi connectivity index (χ1n) is 9.18. The van der Waals surface area contributed by atoms with Gasteiger partial charge in [0.25, 0.3) is 0 Å². The van der Waals surface area contributed by atoms with Gasteiger partial charge in [0.15, 0.2) is 0 Å². The van der Waals surface area contributed by atoms with Crippen molar-refractivity contribution in [3.05, 3.63) is 71.0 Å². The summed E-state index contributed by atoms with van der Waals surface area (Å²) in [5.74, 6) is -2.47. The molecule has 6 nitrogen and oxygen atoms in total. The molecule has 0 bridgehead atoms. The predicted octanol–water partition coefficient (Wildman–Crippen LogP) is 5.33. The number of anilines is 1. The Kier molecular flexibility index (Phi) is 6.30. The highest BCUT2D eigenvalue weighted by Crippen LogP contribution is 2.38. The van der Waals surface area contributed by atoms with Crippen LogP contribution in [0.1, 0.15) is 28.4 Å². The number of nitrogen functional groups attached to an aromatic ring is 1. The summed E-state index contributed by atoms with van der Waals surface area (Å²) >= 11 is 0. The van der Waals surface area contributed by atoms with Crippen molar-refractivity contribution in [1.29, 1.82) is 5.26 Å². The van der Waals surface area contributed by atoms with Crippen LogP contribution in [-0.4, -0.2) is 17.6 Å². The standard InChI is InChI=1S/C22H15F4N3O3/c1-2-31-21(30)17-18(28)15(11-27)20(29-19(17)14-8-3-4-9-16(14)23)32-13-7-5-6-12(10-13)22(24,25)26/h3-10H,2H2,1H3,(H2,28,29). The normalized spacial score (nSPS) is 11.0. The summed E-state index contributed by atoms with van der Waals surface area (Å²) in [6.45, 7) is 1.51. The molecule has 0 aliphatic rings. The van der Waals surface area contributed by atoms with Crippen LogP contribution in [-0.2, 0) is 10.9 Å². The first kappa shape index (κ1) is 22.6. The van der Waals surface area contributed by atoms with E-state index >= 15 is 0 Å². The lowest BCUT2D eigenvalue weighted by molar-refractivity contribution is -0.137. The van der Waals surface area contributed by atoms with Crippen LogP contribution < -0.4 is 10.5 Å². The molecular formula is C22H15F4N3O3. The fourth-order valence-electron chi connectivity index (χ4n) is 2.87. The molecule has 0 radical (unpaired) electrons. The largest absolute Gasteiger partial charge is 0.462 e. The molecule has 2 aromatic carbocycles. The first-order valence-corrected chi connectivity index (χ1v) is 9.18. The lowest BCUT2D eigenvalue weighted by Crippen LogP contribution is -2.14. The molecule has 0 aliphatic heterocycles. The molecule has 0 spiro atoms. The van der Waals surface area contributed by atoms with E-state index in [0.717, 1.165) is 18.2 Å². The summed E-state index contributed by atoms with van der Waals surface area (Å²) in [5, 5.41) is 9.56. The van der Waals surface area contributed by atoms with Crippen molar-refractivity contribution in [1.82, 2.24) is 4.98 Å². The number of nitriles is 1. The van der Waals surface area contributed by atoms with Gasteiger partial charge in [-0.3, -0.25) is 0 Å². The number of rotatable bonds is 5. The molecule has 3 rings (SSSR count). The Morgan fingerprint density at radius 3 is 2.53 bits per heavy atom. The van der Waals surface area contributed by atoms with E-state index in [-0.39, 0.29) is 29.2 Å². The SMILES string of the molecule is CCOC(=O)c1c(-c2ccccc2F)nc(Oc2cccc(C(F)(F)F)c2)c(C#N)c1N. The zero-order valence-corrected chi connectivity index (χ0v) is 16.5. The van der Waals surface area contributed by atoms with Gasteiger partial charge in [-0.1, -0.05) is 18.2 Å². The minimum atomic E-state index is -4.63. The van der Waals surface area contributed by atoms with Gasteiger partial charge >= 0.3 is 12.1 Å². The fraction of sp³-hybridized carbons (Fsp3) is 0.136. The van der Waals surface area contributed by atoms with Gasteiger partial charge in [0.2, 0.25) is 5.88 Å². The molecule has 0 saturated carbocycles. The Hall–Kier alpha value is -4.13. The van der Waals surface area contributed by atoms with Crippen molar-refractivity contribution in [2.45, 2.75) is 13.1 Å². The van der Waals surface area contributed by atoms with Crippen LogP contribution in [0.2, 0.25) is 0 Å². The van der Waals surface area contributed by atoms with Gasteiger partial charge in [-0.05, 0) is 37.3 Å². The number of nitrogens with two attached hydrogens (primary N) is 1. The molecule has 164 valence electrons. The highest BCUT2D eigenvalue weighted by Gasteiger charge is 2.31.